The summed E-state index contributed by atoms with van der Waals surface area (Å²) in [6.07, 6.45) is 2.87. The van der Waals surface area contributed by atoms with Gasteiger partial charge in [0.1, 0.15) is 6.10 Å². The van der Waals surface area contributed by atoms with E-state index >= 15 is 0 Å². The van der Waals surface area contributed by atoms with Crippen LogP contribution in [0.15, 0.2) is 12.1 Å². The molecule has 0 spiro atoms. The molecule has 0 aromatic heterocycles. The van der Waals surface area contributed by atoms with E-state index in [-0.39, 0.29) is 5.75 Å². The monoisotopic (exact) mass is 299 g/mol. The van der Waals surface area contributed by atoms with E-state index in [0.29, 0.717) is 24.9 Å². The Kier molecular flexibility index (Phi) is 5.94. The van der Waals surface area contributed by atoms with Gasteiger partial charge in [-0.25, -0.2) is 8.78 Å². The van der Waals surface area contributed by atoms with Crippen molar-refractivity contribution in [3.8, 4) is 5.75 Å². The molecule has 0 amide bonds. The average Bonchev–Trinajstić information content (AvgIpc) is 2.45. The van der Waals surface area contributed by atoms with Gasteiger partial charge in [0.2, 0.25) is 0 Å². The van der Waals surface area contributed by atoms with Crippen molar-refractivity contribution in [3.05, 3.63) is 29.3 Å². The van der Waals surface area contributed by atoms with E-state index in [1.54, 1.807) is 0 Å². The van der Waals surface area contributed by atoms with E-state index in [9.17, 15) is 13.9 Å². The van der Waals surface area contributed by atoms with E-state index in [2.05, 4.69) is 5.32 Å². The van der Waals surface area contributed by atoms with Gasteiger partial charge in [0.05, 0.1) is 6.10 Å². The second-order valence-corrected chi connectivity index (χ2v) is 5.57. The zero-order chi connectivity index (χ0) is 15.2. The number of halogens is 2. The Labute approximate surface area is 124 Å². The fourth-order valence-electron chi connectivity index (χ4n) is 2.60. The Morgan fingerprint density at radius 3 is 2.52 bits per heavy atom. The van der Waals surface area contributed by atoms with Gasteiger partial charge in [0.15, 0.2) is 17.4 Å². The molecule has 2 atom stereocenters. The van der Waals surface area contributed by atoms with Crippen LogP contribution in [-0.2, 0) is 6.54 Å². The molecule has 118 valence electrons. The van der Waals surface area contributed by atoms with Crippen molar-refractivity contribution in [2.75, 3.05) is 6.54 Å². The van der Waals surface area contributed by atoms with Crippen LogP contribution in [0.3, 0.4) is 0 Å². The normalized spacial score (nSPS) is 22.3. The summed E-state index contributed by atoms with van der Waals surface area (Å²) in [7, 11) is 0. The highest BCUT2D eigenvalue weighted by atomic mass is 19.1. The summed E-state index contributed by atoms with van der Waals surface area (Å²) in [6, 6.07) is 2.58. The van der Waals surface area contributed by atoms with E-state index in [1.807, 2.05) is 6.92 Å². The van der Waals surface area contributed by atoms with Gasteiger partial charge >= 0.3 is 0 Å². The standard InChI is InChI=1S/C16H23F2NO2/c1-2-7-19-10-11-8-12(17)16(13(18)9-11)21-15-6-4-3-5-14(15)20/h8-9,14-15,19-20H,2-7,10H2,1H3. The molecule has 0 radical (unpaired) electrons. The summed E-state index contributed by atoms with van der Waals surface area (Å²) < 4.78 is 33.4. The van der Waals surface area contributed by atoms with Crippen LogP contribution in [-0.4, -0.2) is 23.9 Å². The van der Waals surface area contributed by atoms with Crippen molar-refractivity contribution in [3.63, 3.8) is 0 Å². The lowest BCUT2D eigenvalue weighted by Gasteiger charge is -2.28. The van der Waals surface area contributed by atoms with Crippen LogP contribution >= 0.6 is 0 Å². The second-order valence-electron chi connectivity index (χ2n) is 5.57. The molecule has 2 unspecified atom stereocenters. The van der Waals surface area contributed by atoms with Gasteiger partial charge in [-0.15, -0.1) is 0 Å². The Morgan fingerprint density at radius 1 is 1.24 bits per heavy atom. The summed E-state index contributed by atoms with van der Waals surface area (Å²) in [4.78, 5) is 0. The molecule has 1 aliphatic carbocycles. The van der Waals surface area contributed by atoms with Crippen molar-refractivity contribution in [2.45, 2.75) is 57.8 Å². The minimum Gasteiger partial charge on any atom is -0.482 e. The highest BCUT2D eigenvalue weighted by molar-refractivity contribution is 5.31. The number of aliphatic hydroxyl groups excluding tert-OH is 1. The Bertz CT molecular complexity index is 445. The lowest BCUT2D eigenvalue weighted by molar-refractivity contribution is 0.00295. The molecule has 5 heteroatoms. The molecule has 1 aliphatic rings. The predicted molar refractivity (Wildman–Crippen MR) is 77.2 cm³/mol. The SMILES string of the molecule is CCCNCc1cc(F)c(OC2CCCCC2O)c(F)c1. The van der Waals surface area contributed by atoms with Crippen LogP contribution < -0.4 is 10.1 Å². The maximum Gasteiger partial charge on any atom is 0.191 e. The van der Waals surface area contributed by atoms with Gasteiger partial charge in [-0.1, -0.05) is 13.3 Å². The maximum atomic E-state index is 14.0. The predicted octanol–water partition coefficient (Wildman–Crippen LogP) is 3.15. The molecule has 21 heavy (non-hydrogen) atoms. The van der Waals surface area contributed by atoms with Crippen LogP contribution in [0.1, 0.15) is 44.6 Å². The fourth-order valence-corrected chi connectivity index (χ4v) is 2.60. The first kappa shape index (κ1) is 16.2. The molecule has 3 nitrogen and oxygen atoms in total. The summed E-state index contributed by atoms with van der Waals surface area (Å²) in [5, 5.41) is 12.9. The minimum atomic E-state index is -0.707. The molecule has 0 heterocycles. The summed E-state index contributed by atoms with van der Waals surface area (Å²) in [5.41, 5.74) is 0.551. The molecular weight excluding hydrogens is 276 g/mol. The van der Waals surface area contributed by atoms with Crippen LogP contribution in [0, 0.1) is 11.6 Å². The smallest absolute Gasteiger partial charge is 0.191 e. The number of rotatable bonds is 6. The summed E-state index contributed by atoms with van der Waals surface area (Å²) in [5.74, 6) is -1.79. The molecule has 2 N–H and O–H groups in total. The molecule has 0 aliphatic heterocycles. The first-order chi connectivity index (χ1) is 10.1. The van der Waals surface area contributed by atoms with E-state index in [4.69, 9.17) is 4.74 Å². The van der Waals surface area contributed by atoms with Gasteiger partial charge in [0, 0.05) is 6.54 Å². The van der Waals surface area contributed by atoms with Gasteiger partial charge in [-0.2, -0.15) is 0 Å². The molecule has 1 fully saturated rings. The fraction of sp³-hybridized carbons (Fsp3) is 0.625. The third-order valence-electron chi connectivity index (χ3n) is 3.75. The molecule has 1 saturated carbocycles. The van der Waals surface area contributed by atoms with Gasteiger partial charge in [-0.3, -0.25) is 0 Å². The van der Waals surface area contributed by atoms with Crippen LogP contribution in [0.5, 0.6) is 5.75 Å². The molecule has 2 rings (SSSR count). The number of hydrogen-bond donors (Lipinski definition) is 2. The Morgan fingerprint density at radius 2 is 1.90 bits per heavy atom. The topological polar surface area (TPSA) is 41.5 Å². The number of nitrogens with one attached hydrogen (secondary N) is 1. The molecule has 0 saturated heterocycles. The molecular formula is C16H23F2NO2. The highest BCUT2D eigenvalue weighted by Crippen LogP contribution is 2.29. The summed E-state index contributed by atoms with van der Waals surface area (Å²) in [6.45, 7) is 3.25. The average molecular weight is 299 g/mol. The van der Waals surface area contributed by atoms with Crippen molar-refractivity contribution < 1.29 is 18.6 Å². The van der Waals surface area contributed by atoms with E-state index in [0.717, 1.165) is 25.8 Å². The number of aliphatic hydroxyl groups is 1. The Balaban J connectivity index is 2.05. The molecule has 1 aromatic carbocycles. The van der Waals surface area contributed by atoms with Gasteiger partial charge in [-0.05, 0) is 49.9 Å². The van der Waals surface area contributed by atoms with Crippen molar-refractivity contribution >= 4 is 0 Å². The molecule has 0 bridgehead atoms. The third-order valence-corrected chi connectivity index (χ3v) is 3.75. The summed E-state index contributed by atoms with van der Waals surface area (Å²) >= 11 is 0. The first-order valence-electron chi connectivity index (χ1n) is 7.65. The van der Waals surface area contributed by atoms with Crippen LogP contribution in [0.25, 0.3) is 0 Å². The van der Waals surface area contributed by atoms with Gasteiger partial charge < -0.3 is 15.2 Å². The molecule has 1 aromatic rings. The number of ether oxygens (including phenoxy) is 1. The van der Waals surface area contributed by atoms with Crippen molar-refractivity contribution in [2.24, 2.45) is 0 Å². The largest absolute Gasteiger partial charge is 0.482 e. The second kappa shape index (κ2) is 7.71. The zero-order valence-corrected chi connectivity index (χ0v) is 12.4. The van der Waals surface area contributed by atoms with E-state index in [1.165, 1.54) is 12.1 Å². The van der Waals surface area contributed by atoms with E-state index < -0.39 is 23.8 Å². The maximum absolute atomic E-state index is 14.0. The Hall–Kier alpha value is -1.20. The quantitative estimate of drug-likeness (QED) is 0.793. The highest BCUT2D eigenvalue weighted by Gasteiger charge is 2.27. The lowest BCUT2D eigenvalue weighted by atomic mass is 9.95. The third kappa shape index (κ3) is 4.38. The number of hydrogen-bond acceptors (Lipinski definition) is 3. The van der Waals surface area contributed by atoms with Crippen molar-refractivity contribution in [1.29, 1.82) is 0 Å². The van der Waals surface area contributed by atoms with Crippen LogP contribution in [0.4, 0.5) is 8.78 Å². The van der Waals surface area contributed by atoms with Crippen LogP contribution in [0.2, 0.25) is 0 Å². The van der Waals surface area contributed by atoms with Gasteiger partial charge in [0.25, 0.3) is 0 Å². The minimum absolute atomic E-state index is 0.375. The number of benzene rings is 1. The van der Waals surface area contributed by atoms with Crippen molar-refractivity contribution in [1.82, 2.24) is 5.32 Å². The first-order valence-corrected chi connectivity index (χ1v) is 7.65. The zero-order valence-electron chi connectivity index (χ0n) is 12.4. The lowest BCUT2D eigenvalue weighted by Crippen LogP contribution is -2.35.